The number of carbonyl (C=O) groups is 1. The highest BCUT2D eigenvalue weighted by Crippen LogP contribution is 2.33. The first-order chi connectivity index (χ1) is 17.2. The number of rotatable bonds is 10. The van der Waals surface area contributed by atoms with E-state index in [4.69, 9.17) is 4.74 Å². The Morgan fingerprint density at radius 2 is 1.81 bits per heavy atom. The quantitative estimate of drug-likeness (QED) is 0.347. The van der Waals surface area contributed by atoms with Crippen LogP contribution in [0.4, 0.5) is 0 Å². The zero-order chi connectivity index (χ0) is 25.9. The van der Waals surface area contributed by atoms with Gasteiger partial charge in [0.25, 0.3) is 10.0 Å². The Balaban J connectivity index is 1.70. The lowest BCUT2D eigenvalue weighted by atomic mass is 10.0. The molecule has 8 nitrogen and oxygen atoms in total. The standard InChI is InChI=1S/C27H32N4O4S/c1-19-8-11-23(12-9-19)36(33,34)31-21(3)24(6-5-7-27(32)28-4)25-18-22(10-13-26(25)31)35-17-16-30-15-14-20(2)29-30/h8-15,18H,5-7,16-17H2,1-4H3,(H,28,32). The molecular weight excluding hydrogens is 476 g/mol. The Labute approximate surface area is 211 Å². The maximum absolute atomic E-state index is 13.7. The van der Waals surface area contributed by atoms with Crippen LogP contribution in [0.2, 0.25) is 0 Å². The first-order valence-electron chi connectivity index (χ1n) is 12.0. The van der Waals surface area contributed by atoms with Crippen LogP contribution in [0.25, 0.3) is 10.9 Å². The van der Waals surface area contributed by atoms with Crippen molar-refractivity contribution in [3.8, 4) is 5.75 Å². The van der Waals surface area contributed by atoms with Crippen LogP contribution in [-0.2, 0) is 27.8 Å². The summed E-state index contributed by atoms with van der Waals surface area (Å²) in [5.74, 6) is 0.616. The molecule has 1 N–H and O–H groups in total. The number of amides is 1. The molecule has 0 saturated carbocycles. The molecule has 0 aliphatic rings. The molecule has 0 unspecified atom stereocenters. The Morgan fingerprint density at radius 3 is 2.47 bits per heavy atom. The topological polar surface area (TPSA) is 95.2 Å². The van der Waals surface area contributed by atoms with Crippen molar-refractivity contribution in [1.82, 2.24) is 19.1 Å². The molecule has 2 heterocycles. The normalized spacial score (nSPS) is 11.7. The molecule has 190 valence electrons. The van der Waals surface area contributed by atoms with E-state index in [1.807, 2.05) is 43.8 Å². The van der Waals surface area contributed by atoms with Crippen LogP contribution >= 0.6 is 0 Å². The number of ether oxygens (including phenoxy) is 1. The summed E-state index contributed by atoms with van der Waals surface area (Å²) in [6.45, 7) is 6.72. The summed E-state index contributed by atoms with van der Waals surface area (Å²) >= 11 is 0. The third kappa shape index (κ3) is 5.31. The number of benzene rings is 2. The van der Waals surface area contributed by atoms with Gasteiger partial charge in [0, 0.05) is 30.7 Å². The predicted octanol–water partition coefficient (Wildman–Crippen LogP) is 4.15. The van der Waals surface area contributed by atoms with Crippen LogP contribution in [0.5, 0.6) is 5.75 Å². The van der Waals surface area contributed by atoms with Gasteiger partial charge in [-0.05, 0) is 75.6 Å². The average molecular weight is 509 g/mol. The van der Waals surface area contributed by atoms with E-state index in [0.29, 0.717) is 49.4 Å². The lowest BCUT2D eigenvalue weighted by molar-refractivity contribution is -0.120. The van der Waals surface area contributed by atoms with Gasteiger partial charge in [0.1, 0.15) is 12.4 Å². The number of nitrogens with one attached hydrogen (secondary N) is 1. The SMILES string of the molecule is CNC(=O)CCCc1c(C)n(S(=O)(=O)c2ccc(C)cc2)c2ccc(OCCn3ccc(C)n3)cc12. The van der Waals surface area contributed by atoms with Crippen molar-refractivity contribution in [2.75, 3.05) is 13.7 Å². The number of carbonyl (C=O) groups excluding carboxylic acids is 1. The number of aryl methyl sites for hydroxylation is 3. The number of hydrogen-bond donors (Lipinski definition) is 1. The second-order valence-electron chi connectivity index (χ2n) is 8.92. The molecule has 2 aromatic carbocycles. The second kappa shape index (κ2) is 10.6. The average Bonchev–Trinajstić information content (AvgIpc) is 3.39. The van der Waals surface area contributed by atoms with Crippen LogP contribution in [0, 0.1) is 20.8 Å². The van der Waals surface area contributed by atoms with Gasteiger partial charge in [0.2, 0.25) is 5.91 Å². The Hall–Kier alpha value is -3.59. The zero-order valence-corrected chi connectivity index (χ0v) is 21.9. The summed E-state index contributed by atoms with van der Waals surface area (Å²) in [7, 11) is -2.20. The number of nitrogens with zero attached hydrogens (tertiary/aromatic N) is 3. The first-order valence-corrected chi connectivity index (χ1v) is 13.4. The van der Waals surface area contributed by atoms with Gasteiger partial charge in [-0.25, -0.2) is 12.4 Å². The molecule has 0 spiro atoms. The number of fused-ring (bicyclic) bond motifs is 1. The minimum absolute atomic E-state index is 0.0402. The fourth-order valence-electron chi connectivity index (χ4n) is 4.36. The number of aromatic nitrogens is 3. The summed E-state index contributed by atoms with van der Waals surface area (Å²) in [5, 5.41) is 7.82. The van der Waals surface area contributed by atoms with Crippen LogP contribution in [0.1, 0.15) is 35.4 Å². The molecule has 1 amide bonds. The molecule has 0 aliphatic heterocycles. The molecule has 4 aromatic rings. The molecule has 0 aliphatic carbocycles. The van der Waals surface area contributed by atoms with Crippen molar-refractivity contribution in [2.45, 2.75) is 51.5 Å². The van der Waals surface area contributed by atoms with Crippen LogP contribution in [0.15, 0.2) is 59.6 Å². The van der Waals surface area contributed by atoms with Gasteiger partial charge in [0.15, 0.2) is 0 Å². The largest absolute Gasteiger partial charge is 0.492 e. The van der Waals surface area contributed by atoms with Gasteiger partial charge < -0.3 is 10.1 Å². The lowest BCUT2D eigenvalue weighted by Gasteiger charge is -2.11. The summed E-state index contributed by atoms with van der Waals surface area (Å²) in [5.41, 5.74) is 4.08. The Morgan fingerprint density at radius 1 is 1.06 bits per heavy atom. The zero-order valence-electron chi connectivity index (χ0n) is 21.1. The fraction of sp³-hybridized carbons (Fsp3) is 0.333. The van der Waals surface area contributed by atoms with E-state index in [0.717, 1.165) is 22.2 Å². The summed E-state index contributed by atoms with van der Waals surface area (Å²) in [4.78, 5) is 12.0. The van der Waals surface area contributed by atoms with E-state index < -0.39 is 10.0 Å². The van der Waals surface area contributed by atoms with Crippen molar-refractivity contribution < 1.29 is 17.9 Å². The summed E-state index contributed by atoms with van der Waals surface area (Å²) in [6.07, 6.45) is 3.45. The minimum atomic E-state index is -3.82. The molecule has 0 atom stereocenters. The maximum Gasteiger partial charge on any atom is 0.268 e. The Kier molecular flexibility index (Phi) is 7.49. The molecular formula is C27H32N4O4S. The smallest absolute Gasteiger partial charge is 0.268 e. The highest BCUT2D eigenvalue weighted by Gasteiger charge is 2.25. The fourth-order valence-corrected chi connectivity index (χ4v) is 5.94. The highest BCUT2D eigenvalue weighted by molar-refractivity contribution is 7.90. The molecule has 9 heteroatoms. The minimum Gasteiger partial charge on any atom is -0.492 e. The van der Waals surface area contributed by atoms with E-state index in [1.54, 1.807) is 43.4 Å². The van der Waals surface area contributed by atoms with E-state index in [-0.39, 0.29) is 10.8 Å². The van der Waals surface area contributed by atoms with E-state index in [1.165, 1.54) is 3.97 Å². The second-order valence-corrected chi connectivity index (χ2v) is 10.7. The van der Waals surface area contributed by atoms with Crippen molar-refractivity contribution in [1.29, 1.82) is 0 Å². The summed E-state index contributed by atoms with van der Waals surface area (Å²) in [6, 6.07) is 14.3. The van der Waals surface area contributed by atoms with Crippen molar-refractivity contribution in [3.05, 3.63) is 77.2 Å². The van der Waals surface area contributed by atoms with Crippen molar-refractivity contribution in [2.24, 2.45) is 0 Å². The van der Waals surface area contributed by atoms with Gasteiger partial charge in [-0.15, -0.1) is 0 Å². The highest BCUT2D eigenvalue weighted by atomic mass is 32.2. The van der Waals surface area contributed by atoms with Crippen molar-refractivity contribution >= 4 is 26.8 Å². The van der Waals surface area contributed by atoms with Gasteiger partial charge in [-0.1, -0.05) is 17.7 Å². The molecule has 36 heavy (non-hydrogen) atoms. The van der Waals surface area contributed by atoms with Gasteiger partial charge in [-0.3, -0.25) is 9.48 Å². The third-order valence-electron chi connectivity index (χ3n) is 6.29. The first kappa shape index (κ1) is 25.5. The molecule has 0 fully saturated rings. The van der Waals surface area contributed by atoms with E-state index in [9.17, 15) is 13.2 Å². The molecule has 2 aromatic heterocycles. The molecule has 0 bridgehead atoms. The summed E-state index contributed by atoms with van der Waals surface area (Å²) < 4.78 is 36.6. The van der Waals surface area contributed by atoms with E-state index in [2.05, 4.69) is 10.4 Å². The predicted molar refractivity (Wildman–Crippen MR) is 140 cm³/mol. The maximum atomic E-state index is 13.7. The van der Waals surface area contributed by atoms with Crippen molar-refractivity contribution in [3.63, 3.8) is 0 Å². The molecule has 0 radical (unpaired) electrons. The van der Waals surface area contributed by atoms with Crippen LogP contribution in [-0.4, -0.2) is 41.7 Å². The molecule has 0 saturated heterocycles. The van der Waals surface area contributed by atoms with Crippen LogP contribution < -0.4 is 10.1 Å². The monoisotopic (exact) mass is 508 g/mol. The van der Waals surface area contributed by atoms with Crippen LogP contribution in [0.3, 0.4) is 0 Å². The van der Waals surface area contributed by atoms with Gasteiger partial charge in [-0.2, -0.15) is 5.10 Å². The lowest BCUT2D eigenvalue weighted by Crippen LogP contribution is -2.17. The van der Waals surface area contributed by atoms with Gasteiger partial charge >= 0.3 is 0 Å². The number of hydrogen-bond acceptors (Lipinski definition) is 5. The van der Waals surface area contributed by atoms with Gasteiger partial charge in [0.05, 0.1) is 22.7 Å². The molecule has 4 rings (SSSR count). The Bertz CT molecular complexity index is 1480. The third-order valence-corrected chi connectivity index (χ3v) is 8.10. The van der Waals surface area contributed by atoms with E-state index >= 15 is 0 Å².